The van der Waals surface area contributed by atoms with E-state index in [1.54, 1.807) is 11.4 Å². The molecule has 2 N–H and O–H groups in total. The molecule has 0 aliphatic carbocycles. The first-order valence-electron chi connectivity index (χ1n) is 9.03. The van der Waals surface area contributed by atoms with Gasteiger partial charge in [-0.2, -0.15) is 14.6 Å². The molecule has 1 amide bonds. The fourth-order valence-corrected chi connectivity index (χ4v) is 3.51. The van der Waals surface area contributed by atoms with Gasteiger partial charge in [0.25, 0.3) is 5.78 Å². The van der Waals surface area contributed by atoms with E-state index in [9.17, 15) is 4.79 Å². The summed E-state index contributed by atoms with van der Waals surface area (Å²) in [5.74, 6) is 1.48. The number of carbonyl (C=O) groups excluding carboxylic acids is 1. The molecule has 1 saturated heterocycles. The highest BCUT2D eigenvalue weighted by Crippen LogP contribution is 2.23. The zero-order valence-corrected chi connectivity index (χ0v) is 18.0. The number of aromatic nitrogens is 4. The van der Waals surface area contributed by atoms with Crippen LogP contribution < -0.4 is 10.6 Å². The van der Waals surface area contributed by atoms with Gasteiger partial charge >= 0.3 is 0 Å². The van der Waals surface area contributed by atoms with Gasteiger partial charge in [0, 0.05) is 37.9 Å². The Morgan fingerprint density at radius 2 is 1.76 bits per heavy atom. The van der Waals surface area contributed by atoms with E-state index >= 15 is 0 Å². The van der Waals surface area contributed by atoms with Crippen LogP contribution in [0, 0.1) is 6.92 Å². The summed E-state index contributed by atoms with van der Waals surface area (Å²) in [6, 6.07) is 11.5. The first-order chi connectivity index (χ1) is 13.0. The van der Waals surface area contributed by atoms with Crippen molar-refractivity contribution in [1.82, 2.24) is 24.5 Å². The van der Waals surface area contributed by atoms with Gasteiger partial charge in [-0.1, -0.05) is 30.3 Å². The largest absolute Gasteiger partial charge is 0.353 e. The lowest BCUT2D eigenvalue weighted by Crippen LogP contribution is -2.57. The minimum absolute atomic E-state index is 0. The van der Waals surface area contributed by atoms with E-state index in [2.05, 4.69) is 20.0 Å². The van der Waals surface area contributed by atoms with E-state index in [0.717, 1.165) is 17.1 Å². The van der Waals surface area contributed by atoms with Crippen LogP contribution in [0.4, 0.5) is 5.82 Å². The smallest absolute Gasteiger partial charge is 0.254 e. The van der Waals surface area contributed by atoms with Crippen molar-refractivity contribution < 1.29 is 4.79 Å². The number of aryl methyl sites for hydroxylation is 1. The van der Waals surface area contributed by atoms with Crippen LogP contribution in [0.25, 0.3) is 5.78 Å². The standard InChI is InChI=1S/C19H23N7O.2ClH/c1-14-12-16(26-18(23-14)21-13-22-26)24-8-10-25(11-9-24)17(27)19(2,20)15-6-4-3-5-7-15;;/h3-7,12-13H,8-11,20H2,1-2H3;2*1H. The Morgan fingerprint density at radius 3 is 2.41 bits per heavy atom. The number of hydrogen-bond acceptors (Lipinski definition) is 6. The molecule has 1 aliphatic heterocycles. The average molecular weight is 438 g/mol. The van der Waals surface area contributed by atoms with E-state index in [-0.39, 0.29) is 30.7 Å². The molecule has 1 unspecified atom stereocenters. The monoisotopic (exact) mass is 437 g/mol. The number of nitrogens with two attached hydrogens (primary N) is 1. The van der Waals surface area contributed by atoms with Gasteiger partial charge < -0.3 is 15.5 Å². The summed E-state index contributed by atoms with van der Waals surface area (Å²) in [5, 5.41) is 4.27. The second-order valence-electron chi connectivity index (χ2n) is 7.08. The first-order valence-corrected chi connectivity index (χ1v) is 9.03. The summed E-state index contributed by atoms with van der Waals surface area (Å²) in [7, 11) is 0. The van der Waals surface area contributed by atoms with Crippen molar-refractivity contribution in [2.75, 3.05) is 31.1 Å². The molecule has 1 aromatic carbocycles. The molecule has 3 aromatic rings. The summed E-state index contributed by atoms with van der Waals surface area (Å²) in [6.07, 6.45) is 1.50. The van der Waals surface area contributed by atoms with Crippen LogP contribution >= 0.6 is 24.8 Å². The lowest BCUT2D eigenvalue weighted by atomic mass is 9.91. The van der Waals surface area contributed by atoms with Crippen molar-refractivity contribution in [1.29, 1.82) is 0 Å². The van der Waals surface area contributed by atoms with Gasteiger partial charge in [0.15, 0.2) is 0 Å². The highest BCUT2D eigenvalue weighted by atomic mass is 35.5. The maximum absolute atomic E-state index is 13.0. The molecule has 0 spiro atoms. The number of fused-ring (bicyclic) bond motifs is 1. The number of anilines is 1. The van der Waals surface area contributed by atoms with Gasteiger partial charge in [-0.3, -0.25) is 4.79 Å². The SMILES string of the molecule is Cc1cc(N2CCN(C(=O)C(C)(N)c3ccccc3)CC2)n2ncnc2n1.Cl.Cl. The summed E-state index contributed by atoms with van der Waals surface area (Å²) in [5.41, 5.74) is 7.09. The van der Waals surface area contributed by atoms with Gasteiger partial charge in [0.05, 0.1) is 0 Å². The van der Waals surface area contributed by atoms with E-state index in [0.29, 0.717) is 32.0 Å². The van der Waals surface area contributed by atoms with Gasteiger partial charge in [-0.15, -0.1) is 24.8 Å². The number of nitrogens with zero attached hydrogens (tertiary/aromatic N) is 6. The predicted octanol–water partition coefficient (Wildman–Crippen LogP) is 1.80. The van der Waals surface area contributed by atoms with E-state index in [4.69, 9.17) is 5.73 Å². The summed E-state index contributed by atoms with van der Waals surface area (Å²) in [4.78, 5) is 25.6. The maximum atomic E-state index is 13.0. The normalized spacial score (nSPS) is 16.0. The Bertz CT molecular complexity index is 969. The van der Waals surface area contributed by atoms with E-state index < -0.39 is 5.54 Å². The molecule has 0 bridgehead atoms. The van der Waals surface area contributed by atoms with Gasteiger partial charge in [0.1, 0.15) is 17.7 Å². The van der Waals surface area contributed by atoms with Crippen LogP contribution in [0.3, 0.4) is 0 Å². The van der Waals surface area contributed by atoms with Crippen LogP contribution in [-0.4, -0.2) is 56.6 Å². The Labute approximate surface area is 181 Å². The summed E-state index contributed by atoms with van der Waals surface area (Å²) in [6.45, 7) is 6.34. The molecule has 0 radical (unpaired) electrons. The number of halogens is 2. The lowest BCUT2D eigenvalue weighted by Gasteiger charge is -2.39. The zero-order valence-electron chi connectivity index (χ0n) is 16.4. The minimum Gasteiger partial charge on any atom is -0.353 e. The second kappa shape index (κ2) is 8.94. The van der Waals surface area contributed by atoms with Crippen LogP contribution in [0.2, 0.25) is 0 Å². The average Bonchev–Trinajstić information content (AvgIpc) is 3.16. The summed E-state index contributed by atoms with van der Waals surface area (Å²) >= 11 is 0. The number of rotatable bonds is 3. The molecular formula is C19H25Cl2N7O. The van der Waals surface area contributed by atoms with Crippen molar-refractivity contribution in [2.24, 2.45) is 5.73 Å². The van der Waals surface area contributed by atoms with Crippen molar-refractivity contribution in [3.63, 3.8) is 0 Å². The van der Waals surface area contributed by atoms with Crippen molar-refractivity contribution in [3.8, 4) is 0 Å². The first kappa shape index (κ1) is 22.9. The third-order valence-electron chi connectivity index (χ3n) is 5.07. The highest BCUT2D eigenvalue weighted by molar-refractivity contribution is 5.87. The molecular weight excluding hydrogens is 413 g/mol. The molecule has 8 nitrogen and oxygen atoms in total. The topological polar surface area (TPSA) is 92.7 Å². The predicted molar refractivity (Wildman–Crippen MR) is 117 cm³/mol. The van der Waals surface area contributed by atoms with Crippen LogP contribution in [0.5, 0.6) is 0 Å². The molecule has 2 aromatic heterocycles. The quantitative estimate of drug-likeness (QED) is 0.671. The molecule has 4 rings (SSSR count). The Balaban J connectivity index is 0.00000150. The lowest BCUT2D eigenvalue weighted by molar-refractivity contribution is -0.137. The Kier molecular flexibility index (Phi) is 7.05. The molecule has 1 aliphatic rings. The molecule has 1 fully saturated rings. The van der Waals surface area contributed by atoms with Crippen LogP contribution in [0.15, 0.2) is 42.7 Å². The van der Waals surface area contributed by atoms with E-state index in [1.165, 1.54) is 6.33 Å². The third-order valence-corrected chi connectivity index (χ3v) is 5.07. The third kappa shape index (κ3) is 4.29. The molecule has 10 heteroatoms. The zero-order chi connectivity index (χ0) is 19.0. The summed E-state index contributed by atoms with van der Waals surface area (Å²) < 4.78 is 1.74. The Morgan fingerprint density at radius 1 is 1.10 bits per heavy atom. The van der Waals surface area contributed by atoms with E-state index in [1.807, 2.05) is 48.2 Å². The number of carbonyl (C=O) groups is 1. The van der Waals surface area contributed by atoms with Crippen LogP contribution in [-0.2, 0) is 10.3 Å². The van der Waals surface area contributed by atoms with Crippen molar-refractivity contribution >= 4 is 42.3 Å². The molecule has 0 saturated carbocycles. The number of hydrogen-bond donors (Lipinski definition) is 1. The minimum atomic E-state index is -1.03. The molecule has 1 atom stereocenters. The molecule has 3 heterocycles. The fraction of sp³-hybridized carbons (Fsp3) is 0.368. The van der Waals surface area contributed by atoms with Gasteiger partial charge in [-0.25, -0.2) is 4.98 Å². The Hall–Kier alpha value is -2.42. The number of piperazine rings is 1. The van der Waals surface area contributed by atoms with Gasteiger partial charge in [-0.05, 0) is 19.4 Å². The number of benzene rings is 1. The van der Waals surface area contributed by atoms with Crippen molar-refractivity contribution in [3.05, 3.63) is 54.0 Å². The second-order valence-corrected chi connectivity index (χ2v) is 7.08. The number of amides is 1. The molecule has 29 heavy (non-hydrogen) atoms. The molecule has 156 valence electrons. The highest BCUT2D eigenvalue weighted by Gasteiger charge is 2.36. The van der Waals surface area contributed by atoms with Crippen molar-refractivity contribution in [2.45, 2.75) is 19.4 Å². The maximum Gasteiger partial charge on any atom is 0.254 e. The van der Waals surface area contributed by atoms with Crippen LogP contribution in [0.1, 0.15) is 18.2 Å². The van der Waals surface area contributed by atoms with Gasteiger partial charge in [0.2, 0.25) is 5.91 Å². The fourth-order valence-electron chi connectivity index (χ4n) is 3.51.